The van der Waals surface area contributed by atoms with E-state index in [1.54, 1.807) is 0 Å². The Morgan fingerprint density at radius 2 is 1.47 bits per heavy atom. The molecule has 0 unspecified atom stereocenters. The van der Waals surface area contributed by atoms with Crippen molar-refractivity contribution >= 4 is 5.78 Å². The third-order valence-electron chi connectivity index (χ3n) is 5.63. The molecule has 0 spiro atoms. The summed E-state index contributed by atoms with van der Waals surface area (Å²) in [5.74, 6) is 0.968. The maximum absolute atomic E-state index is 13.3. The number of carbonyl (C=O) groups excluding carboxylic acids is 1. The van der Waals surface area contributed by atoms with Gasteiger partial charge in [0.1, 0.15) is 12.4 Å². The molecule has 0 heterocycles. The summed E-state index contributed by atoms with van der Waals surface area (Å²) < 4.78 is 5.87. The van der Waals surface area contributed by atoms with Crippen molar-refractivity contribution in [1.82, 2.24) is 4.90 Å². The zero-order valence-electron chi connectivity index (χ0n) is 18.4. The monoisotopic (exact) mass is 401 g/mol. The van der Waals surface area contributed by atoms with Crippen LogP contribution in [0.2, 0.25) is 0 Å². The molecule has 3 aromatic rings. The highest BCUT2D eigenvalue weighted by Gasteiger charge is 2.32. The van der Waals surface area contributed by atoms with Gasteiger partial charge < -0.3 is 9.64 Å². The fourth-order valence-corrected chi connectivity index (χ4v) is 3.73. The van der Waals surface area contributed by atoms with Crippen molar-refractivity contribution in [2.24, 2.45) is 0 Å². The van der Waals surface area contributed by atoms with Crippen molar-refractivity contribution < 1.29 is 9.53 Å². The fourth-order valence-electron chi connectivity index (χ4n) is 3.73. The Labute approximate surface area is 180 Å². The topological polar surface area (TPSA) is 29.5 Å². The third kappa shape index (κ3) is 5.17. The number of rotatable bonds is 9. The molecule has 0 radical (unpaired) electrons. The van der Waals surface area contributed by atoms with Gasteiger partial charge in [0.05, 0.1) is 0 Å². The van der Waals surface area contributed by atoms with E-state index in [2.05, 4.69) is 36.1 Å². The summed E-state index contributed by atoms with van der Waals surface area (Å²) in [4.78, 5) is 15.4. The van der Waals surface area contributed by atoms with Gasteiger partial charge in [-0.1, -0.05) is 67.6 Å². The number of ketones is 1. The summed E-state index contributed by atoms with van der Waals surface area (Å²) in [6.45, 7) is 5.63. The zero-order valence-corrected chi connectivity index (χ0v) is 18.4. The standard InChI is InChI=1S/C27H31NO2/c1-21-19-22(15-16-26(21)30-18-17-28(3)4)25(29)20-27(2,23-11-7-5-8-12-23)24-13-9-6-10-14-24/h5-16,19H,17-18,20H2,1-4H3. The minimum Gasteiger partial charge on any atom is -0.492 e. The van der Waals surface area contributed by atoms with Crippen LogP contribution in [0.1, 0.15) is 40.4 Å². The number of likely N-dealkylation sites (N-methyl/N-ethyl adjacent to an activating group) is 1. The second kappa shape index (κ2) is 9.73. The van der Waals surface area contributed by atoms with Gasteiger partial charge in [-0.2, -0.15) is 0 Å². The molecule has 0 saturated heterocycles. The van der Waals surface area contributed by atoms with Crippen LogP contribution in [0.25, 0.3) is 0 Å². The van der Waals surface area contributed by atoms with Crippen LogP contribution in [0.4, 0.5) is 0 Å². The van der Waals surface area contributed by atoms with Crippen LogP contribution < -0.4 is 4.74 Å². The van der Waals surface area contributed by atoms with Crippen molar-refractivity contribution in [3.8, 4) is 5.75 Å². The lowest BCUT2D eigenvalue weighted by Gasteiger charge is -2.30. The lowest BCUT2D eigenvalue weighted by Crippen LogP contribution is -2.27. The molecule has 0 aliphatic heterocycles. The SMILES string of the molecule is Cc1cc(C(=O)CC(C)(c2ccccc2)c2ccccc2)ccc1OCCN(C)C. The van der Waals surface area contributed by atoms with E-state index in [1.807, 2.05) is 75.6 Å². The number of Topliss-reactive ketones (excluding diaryl/α,β-unsaturated/α-hetero) is 1. The first-order valence-electron chi connectivity index (χ1n) is 10.4. The number of aryl methyl sites for hydroxylation is 1. The number of hydrogen-bond acceptors (Lipinski definition) is 3. The largest absolute Gasteiger partial charge is 0.492 e. The molecule has 0 aromatic heterocycles. The molecule has 0 bridgehead atoms. The molecule has 156 valence electrons. The molecule has 0 aliphatic rings. The van der Waals surface area contributed by atoms with Crippen LogP contribution in [0, 0.1) is 6.92 Å². The summed E-state index contributed by atoms with van der Waals surface area (Å²) in [6.07, 6.45) is 0.404. The maximum atomic E-state index is 13.3. The summed E-state index contributed by atoms with van der Waals surface area (Å²) in [5.41, 5.74) is 3.61. The molecular weight excluding hydrogens is 370 g/mol. The molecule has 0 N–H and O–H groups in total. The average molecular weight is 402 g/mol. The molecule has 30 heavy (non-hydrogen) atoms. The number of hydrogen-bond donors (Lipinski definition) is 0. The summed E-state index contributed by atoms with van der Waals surface area (Å²) >= 11 is 0. The van der Waals surface area contributed by atoms with Crippen molar-refractivity contribution in [3.05, 3.63) is 101 Å². The van der Waals surface area contributed by atoms with Gasteiger partial charge in [-0.15, -0.1) is 0 Å². The molecular formula is C27H31NO2. The second-order valence-corrected chi connectivity index (χ2v) is 8.30. The molecule has 3 heteroatoms. The van der Waals surface area contributed by atoms with E-state index < -0.39 is 5.41 Å². The van der Waals surface area contributed by atoms with E-state index in [1.165, 1.54) is 0 Å². The first-order valence-corrected chi connectivity index (χ1v) is 10.4. The smallest absolute Gasteiger partial charge is 0.164 e. The van der Waals surface area contributed by atoms with Crippen molar-refractivity contribution in [1.29, 1.82) is 0 Å². The molecule has 0 atom stereocenters. The van der Waals surface area contributed by atoms with Crippen LogP contribution in [-0.4, -0.2) is 37.9 Å². The van der Waals surface area contributed by atoms with Crippen LogP contribution in [-0.2, 0) is 5.41 Å². The van der Waals surface area contributed by atoms with Gasteiger partial charge in [0.15, 0.2) is 5.78 Å². The first-order chi connectivity index (χ1) is 14.4. The molecule has 3 nitrogen and oxygen atoms in total. The van der Waals surface area contributed by atoms with Crippen molar-refractivity contribution in [2.75, 3.05) is 27.2 Å². The van der Waals surface area contributed by atoms with E-state index in [9.17, 15) is 4.79 Å². The van der Waals surface area contributed by atoms with Gasteiger partial charge in [-0.25, -0.2) is 0 Å². The van der Waals surface area contributed by atoms with E-state index in [-0.39, 0.29) is 5.78 Å². The highest BCUT2D eigenvalue weighted by molar-refractivity contribution is 5.97. The highest BCUT2D eigenvalue weighted by Crippen LogP contribution is 2.36. The van der Waals surface area contributed by atoms with Crippen LogP contribution in [0.15, 0.2) is 78.9 Å². The summed E-state index contributed by atoms with van der Waals surface area (Å²) in [7, 11) is 4.04. The molecule has 3 aromatic carbocycles. The average Bonchev–Trinajstić information content (AvgIpc) is 2.75. The summed E-state index contributed by atoms with van der Waals surface area (Å²) in [5, 5.41) is 0. The number of nitrogens with zero attached hydrogens (tertiary/aromatic N) is 1. The molecule has 0 fully saturated rings. The summed E-state index contributed by atoms with van der Waals surface area (Å²) in [6, 6.07) is 26.3. The van der Waals surface area contributed by atoms with Crippen LogP contribution in [0.3, 0.4) is 0 Å². The Hall–Kier alpha value is -2.91. The Bertz CT molecular complexity index is 925. The molecule has 3 rings (SSSR count). The van der Waals surface area contributed by atoms with Gasteiger partial charge in [-0.05, 0) is 55.9 Å². The van der Waals surface area contributed by atoms with E-state index in [0.717, 1.165) is 34.5 Å². The number of carbonyl (C=O) groups is 1. The van der Waals surface area contributed by atoms with Crippen LogP contribution >= 0.6 is 0 Å². The van der Waals surface area contributed by atoms with Gasteiger partial charge in [-0.3, -0.25) is 4.79 Å². The highest BCUT2D eigenvalue weighted by atomic mass is 16.5. The molecule has 0 aliphatic carbocycles. The minimum absolute atomic E-state index is 0.133. The van der Waals surface area contributed by atoms with Gasteiger partial charge in [0.25, 0.3) is 0 Å². The van der Waals surface area contributed by atoms with Crippen LogP contribution in [0.5, 0.6) is 5.75 Å². The van der Waals surface area contributed by atoms with Gasteiger partial charge in [0, 0.05) is 23.9 Å². The van der Waals surface area contributed by atoms with E-state index in [4.69, 9.17) is 4.74 Å². The second-order valence-electron chi connectivity index (χ2n) is 8.30. The Morgan fingerprint density at radius 3 is 1.97 bits per heavy atom. The predicted octanol–water partition coefficient (Wildman–Crippen LogP) is 5.51. The predicted molar refractivity (Wildman–Crippen MR) is 124 cm³/mol. The van der Waals surface area contributed by atoms with Gasteiger partial charge in [0.2, 0.25) is 0 Å². The van der Waals surface area contributed by atoms with Crippen molar-refractivity contribution in [2.45, 2.75) is 25.7 Å². The maximum Gasteiger partial charge on any atom is 0.164 e. The quantitative estimate of drug-likeness (QED) is 0.443. The Morgan fingerprint density at radius 1 is 0.900 bits per heavy atom. The molecule has 0 saturated carbocycles. The lowest BCUT2D eigenvalue weighted by molar-refractivity contribution is 0.0962. The normalized spacial score (nSPS) is 11.5. The molecule has 0 amide bonds. The van der Waals surface area contributed by atoms with Crippen molar-refractivity contribution in [3.63, 3.8) is 0 Å². The Balaban J connectivity index is 1.84. The Kier molecular flexibility index (Phi) is 7.07. The third-order valence-corrected chi connectivity index (χ3v) is 5.63. The minimum atomic E-state index is -0.394. The number of ether oxygens (including phenoxy) is 1. The number of benzene rings is 3. The first kappa shape index (κ1) is 21.8. The lowest BCUT2D eigenvalue weighted by atomic mass is 9.72. The van der Waals surface area contributed by atoms with E-state index >= 15 is 0 Å². The van der Waals surface area contributed by atoms with E-state index in [0.29, 0.717) is 13.0 Å². The fraction of sp³-hybridized carbons (Fsp3) is 0.296. The van der Waals surface area contributed by atoms with Gasteiger partial charge >= 0.3 is 0 Å². The zero-order chi connectivity index (χ0) is 21.6.